The summed E-state index contributed by atoms with van der Waals surface area (Å²) in [6.07, 6.45) is 0.481. The van der Waals surface area contributed by atoms with Gasteiger partial charge in [-0.1, -0.05) is 49.2 Å². The van der Waals surface area contributed by atoms with E-state index in [1.165, 1.54) is 0 Å². The van der Waals surface area contributed by atoms with Crippen LogP contribution in [-0.4, -0.2) is 34.2 Å². The van der Waals surface area contributed by atoms with Crippen molar-refractivity contribution in [2.24, 2.45) is 5.92 Å². The summed E-state index contributed by atoms with van der Waals surface area (Å²) in [7, 11) is 0. The molecule has 0 radical (unpaired) electrons. The molecule has 2 unspecified atom stereocenters. The molecule has 6 nitrogen and oxygen atoms in total. The van der Waals surface area contributed by atoms with Gasteiger partial charge in [-0.2, -0.15) is 0 Å². The van der Waals surface area contributed by atoms with Crippen LogP contribution in [0.2, 0.25) is 10.0 Å². The summed E-state index contributed by atoms with van der Waals surface area (Å²) >= 11 is 11.9. The van der Waals surface area contributed by atoms with Crippen LogP contribution in [0, 0.1) is 5.92 Å². The highest BCUT2D eigenvalue weighted by molar-refractivity contribution is 6.34. The average molecular weight is 440 g/mol. The molecule has 0 saturated carbocycles. The zero-order valence-electron chi connectivity index (χ0n) is 16.1. The molecular weight excluding hydrogens is 417 g/mol. The van der Waals surface area contributed by atoms with Crippen LogP contribution in [0.3, 0.4) is 0 Å². The van der Waals surface area contributed by atoms with Gasteiger partial charge in [-0.25, -0.2) is 0 Å². The molecule has 8 heteroatoms. The second kappa shape index (κ2) is 10.5. The number of hydrogen-bond donors (Lipinski definition) is 3. The summed E-state index contributed by atoms with van der Waals surface area (Å²) in [5.41, 5.74) is 0.732. The lowest BCUT2D eigenvalue weighted by molar-refractivity contribution is -0.142. The Labute approximate surface area is 179 Å². The quantitative estimate of drug-likeness (QED) is 0.488. The van der Waals surface area contributed by atoms with Crippen LogP contribution in [0.5, 0.6) is 11.5 Å². The summed E-state index contributed by atoms with van der Waals surface area (Å²) in [4.78, 5) is 23.0. The van der Waals surface area contributed by atoms with Gasteiger partial charge in [-0.3, -0.25) is 14.9 Å². The van der Waals surface area contributed by atoms with E-state index in [1.807, 2.05) is 13.8 Å². The third kappa shape index (κ3) is 7.57. The van der Waals surface area contributed by atoms with E-state index < -0.39 is 24.0 Å². The first-order valence-corrected chi connectivity index (χ1v) is 9.84. The number of benzene rings is 2. The van der Waals surface area contributed by atoms with Crippen LogP contribution in [0.4, 0.5) is 0 Å². The minimum Gasteiger partial charge on any atom is -0.480 e. The molecule has 0 aromatic heterocycles. The van der Waals surface area contributed by atoms with Crippen molar-refractivity contribution >= 4 is 35.1 Å². The van der Waals surface area contributed by atoms with Crippen molar-refractivity contribution in [1.82, 2.24) is 5.32 Å². The number of aliphatic carboxylic acids is 2. The van der Waals surface area contributed by atoms with E-state index in [9.17, 15) is 19.8 Å². The standard InChI is InChI=1S/C21H23Cl2NO5/c1-12(2)7-18(20(25)26)24-19(21(27)28)8-13-3-5-16(6-4-13)29-17-10-14(22)9-15(23)11-17/h3-6,9-12,18-19,24H,7-8H2,1-2H3,(H,25,26)(H,27,28). The maximum atomic E-state index is 11.6. The lowest BCUT2D eigenvalue weighted by atomic mass is 10.0. The second-order valence-electron chi connectivity index (χ2n) is 7.13. The molecule has 0 fully saturated rings. The highest BCUT2D eigenvalue weighted by Gasteiger charge is 2.26. The molecule has 0 aliphatic heterocycles. The fourth-order valence-corrected chi connectivity index (χ4v) is 3.33. The molecule has 0 spiro atoms. The molecule has 0 bridgehead atoms. The second-order valence-corrected chi connectivity index (χ2v) is 8.01. The molecule has 156 valence electrons. The molecule has 0 amide bonds. The van der Waals surface area contributed by atoms with E-state index in [2.05, 4.69) is 5.32 Å². The minimum atomic E-state index is -1.10. The number of carboxylic acids is 2. The fraction of sp³-hybridized carbons (Fsp3) is 0.333. The van der Waals surface area contributed by atoms with Gasteiger partial charge in [0.1, 0.15) is 23.6 Å². The van der Waals surface area contributed by atoms with Gasteiger partial charge < -0.3 is 14.9 Å². The zero-order valence-corrected chi connectivity index (χ0v) is 17.6. The van der Waals surface area contributed by atoms with Crippen molar-refractivity contribution in [2.45, 2.75) is 38.8 Å². The Morgan fingerprint density at radius 1 is 0.931 bits per heavy atom. The van der Waals surface area contributed by atoms with Crippen molar-refractivity contribution in [3.05, 3.63) is 58.1 Å². The molecule has 0 saturated heterocycles. The van der Waals surface area contributed by atoms with Crippen LogP contribution in [0.15, 0.2) is 42.5 Å². The maximum Gasteiger partial charge on any atom is 0.321 e. The predicted octanol–water partition coefficient (Wildman–Crippen LogP) is 4.87. The third-order valence-corrected chi connectivity index (χ3v) is 4.58. The normalized spacial score (nSPS) is 13.1. The lowest BCUT2D eigenvalue weighted by Gasteiger charge is -2.22. The van der Waals surface area contributed by atoms with E-state index in [4.69, 9.17) is 27.9 Å². The van der Waals surface area contributed by atoms with Gasteiger partial charge in [-0.15, -0.1) is 0 Å². The molecule has 29 heavy (non-hydrogen) atoms. The molecule has 2 rings (SSSR count). The summed E-state index contributed by atoms with van der Waals surface area (Å²) in [6, 6.07) is 9.78. The molecule has 3 N–H and O–H groups in total. The van der Waals surface area contributed by atoms with Crippen LogP contribution in [-0.2, 0) is 16.0 Å². The lowest BCUT2D eigenvalue weighted by Crippen LogP contribution is -2.48. The molecule has 0 aliphatic rings. The van der Waals surface area contributed by atoms with Crippen LogP contribution in [0.25, 0.3) is 0 Å². The van der Waals surface area contributed by atoms with Gasteiger partial charge in [0, 0.05) is 10.0 Å². The van der Waals surface area contributed by atoms with Crippen molar-refractivity contribution in [3.63, 3.8) is 0 Å². The van der Waals surface area contributed by atoms with Gasteiger partial charge in [0.25, 0.3) is 0 Å². The summed E-state index contributed by atoms with van der Waals surface area (Å²) in [5.74, 6) is -1.02. The van der Waals surface area contributed by atoms with Crippen LogP contribution in [0.1, 0.15) is 25.8 Å². The first-order valence-electron chi connectivity index (χ1n) is 9.08. The highest BCUT2D eigenvalue weighted by atomic mass is 35.5. The van der Waals surface area contributed by atoms with Gasteiger partial charge in [0.05, 0.1) is 0 Å². The largest absolute Gasteiger partial charge is 0.480 e. The highest BCUT2D eigenvalue weighted by Crippen LogP contribution is 2.28. The molecular formula is C21H23Cl2NO5. The Hall–Kier alpha value is -2.28. The van der Waals surface area contributed by atoms with Crippen LogP contribution < -0.4 is 10.1 Å². The predicted molar refractivity (Wildman–Crippen MR) is 112 cm³/mol. The molecule has 0 aliphatic carbocycles. The van der Waals surface area contributed by atoms with Crippen molar-refractivity contribution in [1.29, 1.82) is 0 Å². The Balaban J connectivity index is 2.06. The Bertz CT molecular complexity index is 834. The number of halogens is 2. The molecule has 2 aromatic carbocycles. The average Bonchev–Trinajstić information content (AvgIpc) is 2.60. The van der Waals surface area contributed by atoms with Crippen molar-refractivity contribution in [2.75, 3.05) is 0 Å². The van der Waals surface area contributed by atoms with Gasteiger partial charge >= 0.3 is 11.9 Å². The third-order valence-electron chi connectivity index (χ3n) is 4.14. The van der Waals surface area contributed by atoms with Gasteiger partial charge in [0.15, 0.2) is 0 Å². The molecule has 0 heterocycles. The molecule has 2 atom stereocenters. The minimum absolute atomic E-state index is 0.120. The zero-order chi connectivity index (χ0) is 21.6. The number of hydrogen-bond acceptors (Lipinski definition) is 4. The summed E-state index contributed by atoms with van der Waals surface area (Å²) in [5, 5.41) is 22.5. The SMILES string of the molecule is CC(C)CC(NC(Cc1ccc(Oc2cc(Cl)cc(Cl)c2)cc1)C(=O)O)C(=O)O. The monoisotopic (exact) mass is 439 g/mol. The Morgan fingerprint density at radius 2 is 1.48 bits per heavy atom. The smallest absolute Gasteiger partial charge is 0.321 e. The summed E-state index contributed by atoms with van der Waals surface area (Å²) in [6.45, 7) is 3.78. The fourth-order valence-electron chi connectivity index (χ4n) is 2.82. The van der Waals surface area contributed by atoms with Gasteiger partial charge in [-0.05, 0) is 54.7 Å². The van der Waals surface area contributed by atoms with E-state index in [0.29, 0.717) is 28.0 Å². The first-order chi connectivity index (χ1) is 13.6. The number of nitrogens with one attached hydrogen (secondary N) is 1. The number of carbonyl (C=O) groups is 2. The van der Waals surface area contributed by atoms with Gasteiger partial charge in [0.2, 0.25) is 0 Å². The maximum absolute atomic E-state index is 11.6. The van der Waals surface area contributed by atoms with Crippen molar-refractivity contribution in [3.8, 4) is 11.5 Å². The van der Waals surface area contributed by atoms with E-state index >= 15 is 0 Å². The van der Waals surface area contributed by atoms with E-state index in [1.54, 1.807) is 42.5 Å². The first kappa shape index (κ1) is 23.0. The number of ether oxygens (including phenoxy) is 1. The Kier molecular flexibility index (Phi) is 8.32. The van der Waals surface area contributed by atoms with Crippen molar-refractivity contribution < 1.29 is 24.5 Å². The Morgan fingerprint density at radius 3 is 1.97 bits per heavy atom. The topological polar surface area (TPSA) is 95.9 Å². The molecule has 2 aromatic rings. The van der Waals surface area contributed by atoms with E-state index in [-0.39, 0.29) is 12.3 Å². The van der Waals surface area contributed by atoms with E-state index in [0.717, 1.165) is 5.56 Å². The number of rotatable bonds is 10. The summed E-state index contributed by atoms with van der Waals surface area (Å²) < 4.78 is 5.71. The van der Waals surface area contributed by atoms with Crippen LogP contribution >= 0.6 is 23.2 Å². The number of carboxylic acid groups (broad SMARTS) is 2.